The average molecular weight is 190 g/mol. The van der Waals surface area contributed by atoms with Crippen LogP contribution < -0.4 is 0 Å². The highest BCUT2D eigenvalue weighted by molar-refractivity contribution is 8.13. The van der Waals surface area contributed by atoms with Crippen molar-refractivity contribution in [2.24, 2.45) is 0 Å². The van der Waals surface area contributed by atoms with Gasteiger partial charge < -0.3 is 9.84 Å². The van der Waals surface area contributed by atoms with Crippen molar-refractivity contribution in [1.82, 2.24) is 0 Å². The maximum atomic E-state index is 11.0. The molecule has 1 saturated carbocycles. The van der Waals surface area contributed by atoms with Crippen LogP contribution >= 0.6 is 11.8 Å². The maximum absolute atomic E-state index is 11.0. The summed E-state index contributed by atoms with van der Waals surface area (Å²) in [5.74, 6) is 0. The summed E-state index contributed by atoms with van der Waals surface area (Å²) >= 11 is 1.13. The van der Waals surface area contributed by atoms with Crippen molar-refractivity contribution in [1.29, 1.82) is 0 Å². The fourth-order valence-electron chi connectivity index (χ4n) is 1.32. The molecule has 1 rings (SSSR count). The smallest absolute Gasteiger partial charge is 0.367 e. The molecule has 0 radical (unpaired) electrons. The van der Waals surface area contributed by atoms with Crippen LogP contribution in [0.2, 0.25) is 0 Å². The molecular weight excluding hydrogens is 176 g/mol. The quantitative estimate of drug-likeness (QED) is 0.674. The van der Waals surface area contributed by atoms with Gasteiger partial charge in [0.2, 0.25) is 0 Å². The topological polar surface area (TPSA) is 46.5 Å². The summed E-state index contributed by atoms with van der Waals surface area (Å²) < 4.78 is 4.77. The number of hydrogen-bond acceptors (Lipinski definition) is 4. The highest BCUT2D eigenvalue weighted by atomic mass is 32.2. The van der Waals surface area contributed by atoms with Crippen LogP contribution in [0.5, 0.6) is 0 Å². The first-order valence-corrected chi connectivity index (χ1v) is 5.13. The van der Waals surface area contributed by atoms with Crippen molar-refractivity contribution in [2.75, 3.05) is 6.61 Å². The fraction of sp³-hybridized carbons (Fsp3) is 0.875. The van der Waals surface area contributed by atoms with Gasteiger partial charge in [0.05, 0.1) is 12.7 Å². The average Bonchev–Trinajstić information content (AvgIpc) is 2.37. The number of carbonyl (C=O) groups is 1. The highest BCUT2D eigenvalue weighted by Crippen LogP contribution is 2.30. The number of rotatable bonds is 2. The summed E-state index contributed by atoms with van der Waals surface area (Å²) in [6.45, 7) is 2.19. The largest absolute Gasteiger partial charge is 0.458 e. The Morgan fingerprint density at radius 3 is 2.92 bits per heavy atom. The van der Waals surface area contributed by atoms with Gasteiger partial charge in [-0.25, -0.2) is 4.79 Å². The molecule has 2 atom stereocenters. The van der Waals surface area contributed by atoms with Gasteiger partial charge in [0.15, 0.2) is 0 Å². The predicted octanol–water partition coefficient (Wildman–Crippen LogP) is 1.79. The fourth-order valence-corrected chi connectivity index (χ4v) is 2.33. The molecule has 0 bridgehead atoms. The van der Waals surface area contributed by atoms with Gasteiger partial charge in [-0.2, -0.15) is 0 Å². The molecule has 1 aliphatic rings. The zero-order valence-electron chi connectivity index (χ0n) is 7.16. The molecule has 0 heterocycles. The van der Waals surface area contributed by atoms with Crippen LogP contribution in [-0.2, 0) is 4.74 Å². The van der Waals surface area contributed by atoms with Gasteiger partial charge in [-0.15, -0.1) is 0 Å². The first-order valence-electron chi connectivity index (χ1n) is 4.25. The summed E-state index contributed by atoms with van der Waals surface area (Å²) in [6, 6.07) is 0. The molecule has 0 aromatic heterocycles. The highest BCUT2D eigenvalue weighted by Gasteiger charge is 2.28. The van der Waals surface area contributed by atoms with Gasteiger partial charge in [0.25, 0.3) is 0 Å². The number of thioether (sulfide) groups is 1. The third kappa shape index (κ3) is 2.68. The number of aliphatic hydroxyl groups is 1. The van der Waals surface area contributed by atoms with Gasteiger partial charge in [-0.1, -0.05) is 0 Å². The van der Waals surface area contributed by atoms with Crippen molar-refractivity contribution in [2.45, 2.75) is 37.5 Å². The van der Waals surface area contributed by atoms with Crippen LogP contribution in [0.1, 0.15) is 26.2 Å². The minimum Gasteiger partial charge on any atom is -0.458 e. The summed E-state index contributed by atoms with van der Waals surface area (Å²) in [7, 11) is 0. The molecule has 70 valence electrons. The van der Waals surface area contributed by atoms with E-state index in [2.05, 4.69) is 0 Å². The summed E-state index contributed by atoms with van der Waals surface area (Å²) in [4.78, 5) is 11.0. The van der Waals surface area contributed by atoms with Gasteiger partial charge in [-0.05, 0) is 37.9 Å². The molecule has 1 aliphatic carbocycles. The van der Waals surface area contributed by atoms with Gasteiger partial charge in [0.1, 0.15) is 0 Å². The minimum absolute atomic E-state index is 0.0593. The molecule has 0 saturated heterocycles. The second-order valence-electron chi connectivity index (χ2n) is 2.84. The Labute approximate surface area is 76.5 Å². The van der Waals surface area contributed by atoms with Crippen LogP contribution in [0.4, 0.5) is 4.79 Å². The van der Waals surface area contributed by atoms with Crippen molar-refractivity contribution in [3.63, 3.8) is 0 Å². The second kappa shape index (κ2) is 4.72. The van der Waals surface area contributed by atoms with Crippen molar-refractivity contribution in [3.8, 4) is 0 Å². The molecule has 3 nitrogen and oxygen atoms in total. The monoisotopic (exact) mass is 190 g/mol. The van der Waals surface area contributed by atoms with E-state index in [-0.39, 0.29) is 16.7 Å². The lowest BCUT2D eigenvalue weighted by atomic mass is 10.3. The van der Waals surface area contributed by atoms with E-state index < -0.39 is 0 Å². The third-order valence-electron chi connectivity index (χ3n) is 1.93. The van der Waals surface area contributed by atoms with Crippen LogP contribution in [0.3, 0.4) is 0 Å². The summed E-state index contributed by atoms with van der Waals surface area (Å²) in [6.07, 6.45) is 2.43. The Balaban J connectivity index is 2.25. The lowest BCUT2D eigenvalue weighted by Crippen LogP contribution is -2.17. The van der Waals surface area contributed by atoms with E-state index >= 15 is 0 Å². The number of ether oxygens (including phenoxy) is 1. The van der Waals surface area contributed by atoms with E-state index in [1.165, 1.54) is 0 Å². The first-order chi connectivity index (χ1) is 5.74. The Bertz CT molecular complexity index is 160. The van der Waals surface area contributed by atoms with E-state index in [0.717, 1.165) is 31.0 Å². The van der Waals surface area contributed by atoms with Crippen LogP contribution in [0, 0.1) is 0 Å². The van der Waals surface area contributed by atoms with E-state index in [4.69, 9.17) is 4.74 Å². The second-order valence-corrected chi connectivity index (χ2v) is 4.01. The molecule has 0 aromatic rings. The molecule has 4 heteroatoms. The van der Waals surface area contributed by atoms with Crippen molar-refractivity contribution < 1.29 is 14.6 Å². The number of carbonyl (C=O) groups excluding carboxylic acids is 1. The maximum Gasteiger partial charge on any atom is 0.367 e. The van der Waals surface area contributed by atoms with Crippen molar-refractivity contribution >= 4 is 17.1 Å². The van der Waals surface area contributed by atoms with Gasteiger partial charge in [0, 0.05) is 5.25 Å². The Morgan fingerprint density at radius 1 is 1.67 bits per heavy atom. The van der Waals surface area contributed by atoms with E-state index in [0.29, 0.717) is 6.61 Å². The molecule has 0 amide bonds. The van der Waals surface area contributed by atoms with Crippen molar-refractivity contribution in [3.05, 3.63) is 0 Å². The van der Waals surface area contributed by atoms with E-state index in [1.807, 2.05) is 0 Å². The Morgan fingerprint density at radius 2 is 2.42 bits per heavy atom. The normalized spacial score (nSPS) is 28.8. The molecule has 0 spiro atoms. The lowest BCUT2D eigenvalue weighted by Gasteiger charge is -2.11. The lowest BCUT2D eigenvalue weighted by molar-refractivity contribution is 0.176. The standard InChI is InChI=1S/C8H14O3S/c1-2-11-8(10)12-7-5-3-4-6(7)9/h6-7,9H,2-5H2,1H3/t6-,7-/m1/s1. The molecule has 1 N–H and O–H groups in total. The summed E-state index contributed by atoms with van der Waals surface area (Å²) in [5.41, 5.74) is 0. The molecule has 0 unspecified atom stereocenters. The molecule has 0 aromatic carbocycles. The predicted molar refractivity (Wildman–Crippen MR) is 48.3 cm³/mol. The SMILES string of the molecule is CCOC(=O)S[C@@H]1CCC[C@H]1O. The van der Waals surface area contributed by atoms with Crippen LogP contribution in [-0.4, -0.2) is 28.4 Å². The van der Waals surface area contributed by atoms with Gasteiger partial charge in [-0.3, -0.25) is 0 Å². The Kier molecular flexibility index (Phi) is 3.88. The number of hydrogen-bond donors (Lipinski definition) is 1. The zero-order chi connectivity index (χ0) is 8.97. The summed E-state index contributed by atoms with van der Waals surface area (Å²) in [5, 5.41) is 9.18. The molecular formula is C8H14O3S. The number of aliphatic hydroxyl groups excluding tert-OH is 1. The van der Waals surface area contributed by atoms with Gasteiger partial charge >= 0.3 is 5.30 Å². The first kappa shape index (κ1) is 9.86. The molecule has 1 fully saturated rings. The zero-order valence-corrected chi connectivity index (χ0v) is 7.97. The van der Waals surface area contributed by atoms with E-state index in [1.54, 1.807) is 6.92 Å². The van der Waals surface area contributed by atoms with Crippen LogP contribution in [0.15, 0.2) is 0 Å². The minimum atomic E-state index is -0.320. The van der Waals surface area contributed by atoms with E-state index in [9.17, 15) is 9.90 Å². The third-order valence-corrected chi connectivity index (χ3v) is 3.09. The molecule has 0 aliphatic heterocycles. The molecule has 12 heavy (non-hydrogen) atoms. The Hall–Kier alpha value is -0.220. The van der Waals surface area contributed by atoms with Crippen LogP contribution in [0.25, 0.3) is 0 Å².